The van der Waals surface area contributed by atoms with E-state index in [0.717, 1.165) is 78.1 Å². The van der Waals surface area contributed by atoms with E-state index >= 15 is 0 Å². The zero-order chi connectivity index (χ0) is 47.9. The van der Waals surface area contributed by atoms with Crippen LogP contribution in [0.3, 0.4) is 0 Å². The number of piperidine rings is 1. The molecule has 3 aliphatic rings. The molecule has 3 aliphatic heterocycles. The maximum Gasteiger partial charge on any atom is 0.350 e. The maximum absolute atomic E-state index is 13.9. The van der Waals surface area contributed by atoms with Gasteiger partial charge in [0.15, 0.2) is 5.75 Å². The third-order valence-corrected chi connectivity index (χ3v) is 13.5. The number of piperazine rings is 1. The summed E-state index contributed by atoms with van der Waals surface area (Å²) >= 11 is 0. The van der Waals surface area contributed by atoms with Crippen LogP contribution < -0.4 is 35.8 Å². The molecule has 0 saturated carbocycles. The van der Waals surface area contributed by atoms with E-state index in [-0.39, 0.29) is 29.4 Å². The van der Waals surface area contributed by atoms with Crippen LogP contribution in [0, 0.1) is 6.92 Å². The largest absolute Gasteiger partial charge is 0.455 e. The van der Waals surface area contributed by atoms with Gasteiger partial charge >= 0.3 is 11.7 Å². The van der Waals surface area contributed by atoms with Gasteiger partial charge in [0.2, 0.25) is 11.8 Å². The van der Waals surface area contributed by atoms with Crippen LogP contribution >= 0.6 is 0 Å². The van der Waals surface area contributed by atoms with Gasteiger partial charge in [-0.3, -0.25) is 39.1 Å². The number of benzene rings is 4. The number of nitrogens with one attached hydrogen (secondary N) is 2. The van der Waals surface area contributed by atoms with E-state index in [2.05, 4.69) is 48.7 Å². The minimum atomic E-state index is -0.438. The molecule has 6 heterocycles. The predicted molar refractivity (Wildman–Crippen MR) is 261 cm³/mol. The van der Waals surface area contributed by atoms with Gasteiger partial charge in [0.1, 0.15) is 17.9 Å². The molecule has 18 nitrogen and oxygen atoms in total. The highest BCUT2D eigenvalue weighted by molar-refractivity contribution is 6.07. The van der Waals surface area contributed by atoms with Crippen LogP contribution in [0.25, 0.3) is 27.7 Å². The van der Waals surface area contributed by atoms with Gasteiger partial charge in [0.25, 0.3) is 5.91 Å². The molecule has 18 heteroatoms. The summed E-state index contributed by atoms with van der Waals surface area (Å²) in [5, 5.41) is 15.0. The summed E-state index contributed by atoms with van der Waals surface area (Å²) in [5.41, 5.74) is 7.73. The Morgan fingerprint density at radius 2 is 1.62 bits per heavy atom. The third-order valence-electron chi connectivity index (χ3n) is 13.5. The number of aryl methyl sites for hydroxylation is 2. The number of hydrogen-bond donors (Lipinski definition) is 2. The average molecular weight is 929 g/mol. The molecular weight excluding hydrogens is 877 g/mol. The molecule has 0 aliphatic carbocycles. The first-order valence-electron chi connectivity index (χ1n) is 23.1. The summed E-state index contributed by atoms with van der Waals surface area (Å²) in [6.07, 6.45) is 4.76. The van der Waals surface area contributed by atoms with E-state index in [1.54, 1.807) is 48.3 Å². The van der Waals surface area contributed by atoms with Crippen molar-refractivity contribution in [2.24, 2.45) is 14.1 Å². The van der Waals surface area contributed by atoms with Crippen LogP contribution in [-0.2, 0) is 30.1 Å². The molecule has 7 aromatic rings. The van der Waals surface area contributed by atoms with E-state index in [4.69, 9.17) is 9.84 Å². The molecule has 352 valence electrons. The van der Waals surface area contributed by atoms with Crippen molar-refractivity contribution in [1.82, 2.24) is 44.6 Å². The van der Waals surface area contributed by atoms with Crippen molar-refractivity contribution >= 4 is 51.8 Å². The van der Waals surface area contributed by atoms with Gasteiger partial charge in [-0.15, -0.1) is 0 Å². The fraction of sp³-hybridized carbons (Fsp3) is 0.294. The Hall–Kier alpha value is -8.12. The Kier molecular flexibility index (Phi) is 12.0. The summed E-state index contributed by atoms with van der Waals surface area (Å²) < 4.78 is 11.2. The van der Waals surface area contributed by atoms with Crippen LogP contribution in [0.5, 0.6) is 11.5 Å². The fourth-order valence-corrected chi connectivity index (χ4v) is 9.77. The van der Waals surface area contributed by atoms with Crippen molar-refractivity contribution in [2.75, 3.05) is 67.6 Å². The zero-order valence-electron chi connectivity index (χ0n) is 38.9. The second-order valence-corrected chi connectivity index (χ2v) is 17.6. The Morgan fingerprint density at radius 1 is 0.841 bits per heavy atom. The smallest absolute Gasteiger partial charge is 0.350 e. The summed E-state index contributed by atoms with van der Waals surface area (Å²) in [6, 6.07) is 28.5. The number of amides is 5. The molecule has 5 amide bonds. The molecule has 1 atom stereocenters. The van der Waals surface area contributed by atoms with Crippen molar-refractivity contribution in [3.63, 3.8) is 0 Å². The van der Waals surface area contributed by atoms with Crippen LogP contribution in [0.1, 0.15) is 45.9 Å². The number of aromatic nitrogens is 6. The lowest BCUT2D eigenvalue weighted by molar-refractivity contribution is -0.134. The minimum absolute atomic E-state index is 0.230. The van der Waals surface area contributed by atoms with Crippen molar-refractivity contribution in [2.45, 2.75) is 32.1 Å². The molecule has 0 radical (unpaired) electrons. The maximum atomic E-state index is 13.9. The number of nitrogens with zero attached hydrogens (tertiary/aromatic N) is 10. The second kappa shape index (κ2) is 18.5. The first-order chi connectivity index (χ1) is 33.4. The van der Waals surface area contributed by atoms with Gasteiger partial charge in [-0.2, -0.15) is 10.2 Å². The highest BCUT2D eigenvalue weighted by Gasteiger charge is 2.34. The van der Waals surface area contributed by atoms with Crippen molar-refractivity contribution in [3.05, 3.63) is 136 Å². The van der Waals surface area contributed by atoms with Crippen LogP contribution in [-0.4, -0.2) is 111 Å². The number of urea groups is 1. The van der Waals surface area contributed by atoms with E-state index in [1.807, 2.05) is 73.3 Å². The zero-order valence-corrected chi connectivity index (χ0v) is 38.9. The molecular formula is C51H52N12O6. The van der Waals surface area contributed by atoms with Crippen molar-refractivity contribution in [1.29, 1.82) is 0 Å². The topological polar surface area (TPSA) is 185 Å². The number of carbonyl (C=O) groups is 4. The van der Waals surface area contributed by atoms with Crippen LogP contribution in [0.15, 0.2) is 108 Å². The lowest BCUT2D eigenvalue weighted by Gasteiger charge is -2.36. The second-order valence-electron chi connectivity index (χ2n) is 17.6. The van der Waals surface area contributed by atoms with E-state index in [9.17, 15) is 24.0 Å². The highest BCUT2D eigenvalue weighted by Crippen LogP contribution is 2.38. The predicted octanol–water partition coefficient (Wildman–Crippen LogP) is 5.31. The Balaban J connectivity index is 0.825. The molecule has 4 aromatic carbocycles. The van der Waals surface area contributed by atoms with E-state index in [0.29, 0.717) is 60.2 Å². The molecule has 3 aromatic heterocycles. The normalized spacial score (nSPS) is 16.7. The highest BCUT2D eigenvalue weighted by atomic mass is 16.5. The standard InChI is InChI=1S/C51H52N12O6/c1-32-39(19-21-53-47(32)62-28-27-61(51(62)68)37-9-5-8-35(29-37)48(65)52-2)34-11-17-42(63-31-54-58(4)50(63)67)43(30-34)69-38-14-12-36(13-15-38)60-25-23-59(24-26-60)22-20-33-7-6-10-40-45(56-57(3)46(33)40)41-16-18-44(64)55-49(41)66/h5-15,17,19,21,29-31,41H,16,18,20,22-28H2,1-4H3,(H,52,65)(H,55,64,66). The molecule has 10 rings (SSSR count). The lowest BCUT2D eigenvalue weighted by Crippen LogP contribution is -2.47. The fourth-order valence-electron chi connectivity index (χ4n) is 9.77. The first kappa shape index (κ1) is 44.7. The van der Waals surface area contributed by atoms with Gasteiger partial charge in [-0.05, 0) is 103 Å². The summed E-state index contributed by atoms with van der Waals surface area (Å²) in [4.78, 5) is 76.7. The number of para-hydroxylation sites is 1. The molecule has 3 fully saturated rings. The van der Waals surface area contributed by atoms with Crippen LogP contribution in [0.2, 0.25) is 0 Å². The van der Waals surface area contributed by atoms with Gasteiger partial charge in [0.05, 0.1) is 22.8 Å². The van der Waals surface area contributed by atoms with Gasteiger partial charge < -0.3 is 15.0 Å². The van der Waals surface area contributed by atoms with Crippen molar-refractivity contribution < 1.29 is 23.9 Å². The van der Waals surface area contributed by atoms with Gasteiger partial charge in [-0.1, -0.05) is 30.3 Å². The molecule has 1 unspecified atom stereocenters. The number of fused-ring (bicyclic) bond motifs is 1. The number of anilines is 3. The van der Waals surface area contributed by atoms with E-state index < -0.39 is 5.92 Å². The quantitative estimate of drug-likeness (QED) is 0.151. The third kappa shape index (κ3) is 8.58. The van der Waals surface area contributed by atoms with E-state index in [1.165, 1.54) is 21.1 Å². The summed E-state index contributed by atoms with van der Waals surface area (Å²) in [6.45, 7) is 7.14. The monoisotopic (exact) mass is 928 g/mol. The number of hydrogen-bond acceptors (Lipinski definition) is 11. The molecule has 0 bridgehead atoms. The Labute approximate surface area is 397 Å². The molecule has 69 heavy (non-hydrogen) atoms. The molecule has 0 spiro atoms. The SMILES string of the molecule is CNC(=O)c1cccc(N2CCN(c3nccc(-c4ccc(-n5cnn(C)c5=O)c(Oc5ccc(N6CCN(CCc7cccc8c(C9CCC(=O)NC9=O)nn(C)c78)CC6)cc5)c4)c3C)C2=O)c1. The number of rotatable bonds is 12. The molecule has 2 N–H and O–H groups in total. The number of carbonyl (C=O) groups excluding carboxylic acids is 4. The van der Waals surface area contributed by atoms with Crippen molar-refractivity contribution in [3.8, 4) is 28.3 Å². The first-order valence-corrected chi connectivity index (χ1v) is 23.1. The number of imide groups is 1. The summed E-state index contributed by atoms with van der Waals surface area (Å²) in [7, 11) is 5.09. The van der Waals surface area contributed by atoms with Gasteiger partial charge in [-0.25, -0.2) is 23.8 Å². The van der Waals surface area contributed by atoms with Gasteiger partial charge in [0, 0.05) is 102 Å². The summed E-state index contributed by atoms with van der Waals surface area (Å²) in [5.74, 6) is 0.377. The number of pyridine rings is 1. The minimum Gasteiger partial charge on any atom is -0.455 e. The number of ether oxygens (including phenoxy) is 1. The Morgan fingerprint density at radius 3 is 2.38 bits per heavy atom. The Bertz CT molecular complexity index is 3200. The average Bonchev–Trinajstić information content (AvgIpc) is 4.03. The lowest BCUT2D eigenvalue weighted by atomic mass is 9.92. The molecule has 3 saturated heterocycles. The van der Waals surface area contributed by atoms with Crippen LogP contribution in [0.4, 0.5) is 22.0 Å².